The number of hydrogen-bond acceptors (Lipinski definition) is 2. The fourth-order valence-electron chi connectivity index (χ4n) is 2.17. The summed E-state index contributed by atoms with van der Waals surface area (Å²) in [5.41, 5.74) is 7.46. The van der Waals surface area contributed by atoms with Gasteiger partial charge in [0, 0.05) is 11.6 Å². The third-order valence-corrected chi connectivity index (χ3v) is 3.30. The van der Waals surface area contributed by atoms with Gasteiger partial charge in [0.1, 0.15) is 5.75 Å². The van der Waals surface area contributed by atoms with Crippen LogP contribution in [0.4, 0.5) is 0 Å². The Morgan fingerprint density at radius 1 is 1.25 bits per heavy atom. The van der Waals surface area contributed by atoms with Crippen molar-refractivity contribution in [1.82, 2.24) is 0 Å². The molecular formula is C14H21NO. The van der Waals surface area contributed by atoms with Crippen LogP contribution in [0.1, 0.15) is 44.7 Å². The Kier molecular flexibility index (Phi) is 3.49. The molecule has 0 bridgehead atoms. The first-order valence-corrected chi connectivity index (χ1v) is 6.19. The van der Waals surface area contributed by atoms with E-state index in [1.807, 2.05) is 32.0 Å². The van der Waals surface area contributed by atoms with Crippen LogP contribution in [0.25, 0.3) is 0 Å². The lowest BCUT2D eigenvalue weighted by molar-refractivity contribution is 0.225. The molecule has 0 aliphatic heterocycles. The number of benzene rings is 1. The highest BCUT2D eigenvalue weighted by molar-refractivity contribution is 5.36. The first-order chi connectivity index (χ1) is 7.68. The van der Waals surface area contributed by atoms with Crippen molar-refractivity contribution in [2.45, 2.75) is 45.3 Å². The zero-order chi connectivity index (χ0) is 11.5. The van der Waals surface area contributed by atoms with Gasteiger partial charge in [-0.1, -0.05) is 24.6 Å². The van der Waals surface area contributed by atoms with E-state index in [1.165, 1.54) is 24.8 Å². The van der Waals surface area contributed by atoms with Crippen LogP contribution >= 0.6 is 0 Å². The minimum Gasteiger partial charge on any atom is -0.491 e. The van der Waals surface area contributed by atoms with Gasteiger partial charge in [0.05, 0.1) is 6.10 Å². The molecule has 0 radical (unpaired) electrons. The van der Waals surface area contributed by atoms with E-state index >= 15 is 0 Å². The average Bonchev–Trinajstić information content (AvgIpc) is 2.14. The van der Waals surface area contributed by atoms with Gasteiger partial charge >= 0.3 is 0 Å². The highest BCUT2D eigenvalue weighted by atomic mass is 16.5. The van der Waals surface area contributed by atoms with Crippen molar-refractivity contribution in [2.75, 3.05) is 0 Å². The Balaban J connectivity index is 2.17. The molecule has 88 valence electrons. The van der Waals surface area contributed by atoms with Crippen LogP contribution in [0, 0.1) is 5.92 Å². The summed E-state index contributed by atoms with van der Waals surface area (Å²) in [6.07, 6.45) is 4.05. The number of rotatable bonds is 4. The van der Waals surface area contributed by atoms with E-state index in [-0.39, 0.29) is 12.1 Å². The zero-order valence-electron chi connectivity index (χ0n) is 10.1. The summed E-state index contributed by atoms with van der Waals surface area (Å²) in [5, 5.41) is 0. The summed E-state index contributed by atoms with van der Waals surface area (Å²) in [5.74, 6) is 1.61. The van der Waals surface area contributed by atoms with Crippen molar-refractivity contribution in [2.24, 2.45) is 11.7 Å². The Labute approximate surface area is 97.8 Å². The largest absolute Gasteiger partial charge is 0.491 e. The second kappa shape index (κ2) is 4.88. The molecule has 1 aromatic carbocycles. The van der Waals surface area contributed by atoms with E-state index in [0.29, 0.717) is 5.92 Å². The van der Waals surface area contributed by atoms with Crippen LogP contribution in [0.3, 0.4) is 0 Å². The molecule has 0 amide bonds. The summed E-state index contributed by atoms with van der Waals surface area (Å²) in [6.45, 7) is 4.09. The van der Waals surface area contributed by atoms with Crippen LogP contribution in [0.5, 0.6) is 5.75 Å². The highest BCUT2D eigenvalue weighted by Gasteiger charge is 2.27. The monoisotopic (exact) mass is 219 g/mol. The van der Waals surface area contributed by atoms with Crippen LogP contribution in [0.15, 0.2) is 24.3 Å². The van der Waals surface area contributed by atoms with E-state index in [4.69, 9.17) is 10.5 Å². The molecule has 0 saturated heterocycles. The molecule has 0 heterocycles. The van der Waals surface area contributed by atoms with Crippen molar-refractivity contribution in [3.63, 3.8) is 0 Å². The van der Waals surface area contributed by atoms with Gasteiger partial charge in [-0.15, -0.1) is 0 Å². The fourth-order valence-corrected chi connectivity index (χ4v) is 2.17. The molecule has 2 heteroatoms. The molecule has 1 unspecified atom stereocenters. The lowest BCUT2D eigenvalue weighted by Gasteiger charge is -2.32. The Morgan fingerprint density at radius 3 is 2.50 bits per heavy atom. The maximum Gasteiger partial charge on any atom is 0.124 e. The van der Waals surface area contributed by atoms with Crippen LogP contribution in [0.2, 0.25) is 0 Å². The minimum atomic E-state index is 0.142. The molecule has 16 heavy (non-hydrogen) atoms. The first kappa shape index (κ1) is 11.5. The molecule has 1 aliphatic carbocycles. The second-order valence-corrected chi connectivity index (χ2v) is 4.92. The Bertz CT molecular complexity index is 344. The molecule has 1 fully saturated rings. The standard InChI is InChI=1S/C14H21NO/c1-10(2)16-13-9-4-3-8-12(13)14(15)11-6-5-7-11/h3-4,8-11,14H,5-7,15H2,1-2H3. The lowest BCUT2D eigenvalue weighted by atomic mass is 9.77. The van der Waals surface area contributed by atoms with E-state index in [9.17, 15) is 0 Å². The third-order valence-electron chi connectivity index (χ3n) is 3.30. The van der Waals surface area contributed by atoms with Crippen molar-refractivity contribution in [3.8, 4) is 5.75 Å². The maximum atomic E-state index is 6.30. The molecule has 2 N–H and O–H groups in total. The van der Waals surface area contributed by atoms with Crippen molar-refractivity contribution >= 4 is 0 Å². The SMILES string of the molecule is CC(C)Oc1ccccc1C(N)C1CCC1. The predicted octanol–water partition coefficient (Wildman–Crippen LogP) is 3.27. The van der Waals surface area contributed by atoms with Crippen molar-refractivity contribution in [3.05, 3.63) is 29.8 Å². The molecule has 2 nitrogen and oxygen atoms in total. The zero-order valence-corrected chi connectivity index (χ0v) is 10.1. The van der Waals surface area contributed by atoms with Crippen LogP contribution in [-0.4, -0.2) is 6.10 Å². The first-order valence-electron chi connectivity index (χ1n) is 6.19. The van der Waals surface area contributed by atoms with Crippen LogP contribution in [-0.2, 0) is 0 Å². The van der Waals surface area contributed by atoms with Crippen LogP contribution < -0.4 is 10.5 Å². The summed E-state index contributed by atoms with van der Waals surface area (Å²) in [7, 11) is 0. The summed E-state index contributed by atoms with van der Waals surface area (Å²) in [4.78, 5) is 0. The molecule has 0 spiro atoms. The van der Waals surface area contributed by atoms with Gasteiger partial charge in [-0.2, -0.15) is 0 Å². The molecule has 1 aliphatic rings. The molecule has 0 aromatic heterocycles. The van der Waals surface area contributed by atoms with Gasteiger partial charge in [-0.3, -0.25) is 0 Å². The highest BCUT2D eigenvalue weighted by Crippen LogP contribution is 2.39. The quantitative estimate of drug-likeness (QED) is 0.843. The molecule has 2 rings (SSSR count). The van der Waals surface area contributed by atoms with E-state index < -0.39 is 0 Å². The van der Waals surface area contributed by atoms with E-state index in [1.54, 1.807) is 0 Å². The smallest absolute Gasteiger partial charge is 0.124 e. The van der Waals surface area contributed by atoms with Gasteiger partial charge in [0.15, 0.2) is 0 Å². The molecule has 1 atom stereocenters. The van der Waals surface area contributed by atoms with E-state index in [2.05, 4.69) is 6.07 Å². The number of hydrogen-bond donors (Lipinski definition) is 1. The minimum absolute atomic E-state index is 0.142. The van der Waals surface area contributed by atoms with Crippen molar-refractivity contribution in [1.29, 1.82) is 0 Å². The predicted molar refractivity (Wildman–Crippen MR) is 66.5 cm³/mol. The van der Waals surface area contributed by atoms with Gasteiger partial charge in [-0.05, 0) is 38.7 Å². The number of nitrogens with two attached hydrogens (primary N) is 1. The Hall–Kier alpha value is -1.02. The van der Waals surface area contributed by atoms with Crippen molar-refractivity contribution < 1.29 is 4.74 Å². The van der Waals surface area contributed by atoms with Gasteiger partial charge in [-0.25, -0.2) is 0 Å². The summed E-state index contributed by atoms with van der Waals surface area (Å²) < 4.78 is 5.81. The fraction of sp³-hybridized carbons (Fsp3) is 0.571. The molecule has 1 aromatic rings. The van der Waals surface area contributed by atoms with Gasteiger partial charge in [0.2, 0.25) is 0 Å². The molecule has 1 saturated carbocycles. The average molecular weight is 219 g/mol. The topological polar surface area (TPSA) is 35.2 Å². The molecular weight excluding hydrogens is 198 g/mol. The second-order valence-electron chi connectivity index (χ2n) is 4.92. The van der Waals surface area contributed by atoms with Gasteiger partial charge in [0.25, 0.3) is 0 Å². The third kappa shape index (κ3) is 2.38. The summed E-state index contributed by atoms with van der Waals surface area (Å²) >= 11 is 0. The Morgan fingerprint density at radius 2 is 1.94 bits per heavy atom. The summed E-state index contributed by atoms with van der Waals surface area (Å²) in [6, 6.07) is 8.31. The number of para-hydroxylation sites is 1. The maximum absolute atomic E-state index is 6.30. The number of ether oxygens (including phenoxy) is 1. The lowest BCUT2D eigenvalue weighted by Crippen LogP contribution is -2.27. The van der Waals surface area contributed by atoms with Gasteiger partial charge < -0.3 is 10.5 Å². The van der Waals surface area contributed by atoms with E-state index in [0.717, 1.165) is 5.75 Å². The normalized spacial score (nSPS) is 18.2.